The maximum Gasteiger partial charge on any atom is 0.145 e. The summed E-state index contributed by atoms with van der Waals surface area (Å²) in [6, 6.07) is 10.00. The monoisotopic (exact) mass is 241 g/mol. The minimum absolute atomic E-state index is 0.501. The number of aromatic nitrogens is 2. The van der Waals surface area contributed by atoms with Gasteiger partial charge in [-0.1, -0.05) is 24.3 Å². The molecule has 0 saturated carbocycles. The average Bonchev–Trinajstić information content (AvgIpc) is 2.98. The van der Waals surface area contributed by atoms with E-state index in [2.05, 4.69) is 39.3 Å². The van der Waals surface area contributed by atoms with Crippen LogP contribution in [0.25, 0.3) is 11.3 Å². The number of nitrogens with two attached hydrogens (primary N) is 1. The molecule has 5 heteroatoms. The first-order valence-electron chi connectivity index (χ1n) is 5.92. The third kappa shape index (κ3) is 1.73. The number of aromatic amines is 1. The molecule has 0 spiro atoms. The number of H-pyrrole nitrogens is 1. The molecule has 2 heterocycles. The average molecular weight is 241 g/mol. The second-order valence-corrected chi connectivity index (χ2v) is 4.38. The molecule has 1 aliphatic rings. The number of likely N-dealkylation sites (N-methyl/N-ethyl adjacent to an activating group) is 1. The van der Waals surface area contributed by atoms with Crippen LogP contribution in [0.3, 0.4) is 0 Å². The van der Waals surface area contributed by atoms with E-state index in [0.29, 0.717) is 5.82 Å². The number of anilines is 1. The van der Waals surface area contributed by atoms with Crippen molar-refractivity contribution in [1.29, 1.82) is 0 Å². The molecule has 1 aromatic heterocycles. The van der Waals surface area contributed by atoms with Crippen LogP contribution in [0.2, 0.25) is 0 Å². The lowest BCUT2D eigenvalue weighted by atomic mass is 10.0. The van der Waals surface area contributed by atoms with E-state index in [-0.39, 0.29) is 0 Å². The summed E-state index contributed by atoms with van der Waals surface area (Å²) in [4.78, 5) is 6.72. The first-order chi connectivity index (χ1) is 8.75. The number of nitrogens with one attached hydrogen (secondary N) is 1. The molecule has 3 rings (SSSR count). The highest BCUT2D eigenvalue weighted by Gasteiger charge is 2.18. The van der Waals surface area contributed by atoms with Crippen LogP contribution in [0.4, 0.5) is 5.82 Å². The van der Waals surface area contributed by atoms with E-state index in [1.165, 1.54) is 0 Å². The van der Waals surface area contributed by atoms with Gasteiger partial charge in [-0.25, -0.2) is 0 Å². The van der Waals surface area contributed by atoms with Crippen LogP contribution in [-0.2, 0) is 0 Å². The molecule has 0 bridgehead atoms. The fourth-order valence-corrected chi connectivity index (χ4v) is 2.21. The smallest absolute Gasteiger partial charge is 0.145 e. The van der Waals surface area contributed by atoms with Gasteiger partial charge in [0, 0.05) is 30.8 Å². The van der Waals surface area contributed by atoms with E-state index in [9.17, 15) is 0 Å². The molecule has 92 valence electrons. The first kappa shape index (κ1) is 10.8. The fraction of sp³-hybridized carbons (Fsp3) is 0.231. The molecule has 1 aliphatic heterocycles. The Morgan fingerprint density at radius 3 is 2.67 bits per heavy atom. The van der Waals surface area contributed by atoms with Gasteiger partial charge in [0.15, 0.2) is 0 Å². The SMILES string of the molecule is CN1CCN=C1c1ccccc1-c1cc(N)n[nH]1. The predicted octanol–water partition coefficient (Wildman–Crippen LogP) is 1.35. The van der Waals surface area contributed by atoms with Gasteiger partial charge in [-0.2, -0.15) is 5.10 Å². The zero-order valence-electron chi connectivity index (χ0n) is 10.2. The first-order valence-corrected chi connectivity index (χ1v) is 5.92. The molecule has 1 aromatic carbocycles. The van der Waals surface area contributed by atoms with E-state index >= 15 is 0 Å². The molecule has 18 heavy (non-hydrogen) atoms. The van der Waals surface area contributed by atoms with Crippen molar-refractivity contribution in [2.24, 2.45) is 4.99 Å². The van der Waals surface area contributed by atoms with Crippen LogP contribution in [0, 0.1) is 0 Å². The second kappa shape index (κ2) is 4.18. The highest BCUT2D eigenvalue weighted by atomic mass is 15.2. The summed E-state index contributed by atoms with van der Waals surface area (Å²) in [5.41, 5.74) is 8.78. The Morgan fingerprint density at radius 2 is 2.06 bits per heavy atom. The van der Waals surface area contributed by atoms with Crippen LogP contribution in [0.5, 0.6) is 0 Å². The number of benzene rings is 1. The number of nitrogens with zero attached hydrogens (tertiary/aromatic N) is 3. The second-order valence-electron chi connectivity index (χ2n) is 4.38. The Hall–Kier alpha value is -2.30. The van der Waals surface area contributed by atoms with Gasteiger partial charge in [0.05, 0.1) is 12.2 Å². The molecule has 0 radical (unpaired) electrons. The summed E-state index contributed by atoms with van der Waals surface area (Å²) < 4.78 is 0. The van der Waals surface area contributed by atoms with Gasteiger partial charge in [-0.15, -0.1) is 0 Å². The van der Waals surface area contributed by atoms with E-state index < -0.39 is 0 Å². The Balaban J connectivity index is 2.11. The van der Waals surface area contributed by atoms with E-state index in [4.69, 9.17) is 5.73 Å². The molecule has 3 N–H and O–H groups in total. The van der Waals surface area contributed by atoms with Crippen LogP contribution in [0.15, 0.2) is 35.3 Å². The van der Waals surface area contributed by atoms with Crippen molar-refractivity contribution in [3.05, 3.63) is 35.9 Å². The Labute approximate surface area is 105 Å². The summed E-state index contributed by atoms with van der Waals surface area (Å²) in [6.45, 7) is 1.82. The van der Waals surface area contributed by atoms with Gasteiger partial charge in [0.25, 0.3) is 0 Å². The van der Waals surface area contributed by atoms with Gasteiger partial charge in [-0.3, -0.25) is 10.1 Å². The Kier molecular flexibility index (Phi) is 2.51. The van der Waals surface area contributed by atoms with Crippen molar-refractivity contribution in [3.63, 3.8) is 0 Å². The topological polar surface area (TPSA) is 70.3 Å². The third-order valence-electron chi connectivity index (χ3n) is 3.11. The summed E-state index contributed by atoms with van der Waals surface area (Å²) in [7, 11) is 2.06. The predicted molar refractivity (Wildman–Crippen MR) is 72.5 cm³/mol. The summed E-state index contributed by atoms with van der Waals surface area (Å²) in [5, 5.41) is 6.93. The minimum Gasteiger partial charge on any atom is -0.382 e. The molecular weight excluding hydrogens is 226 g/mol. The van der Waals surface area contributed by atoms with Crippen molar-refractivity contribution in [2.45, 2.75) is 0 Å². The van der Waals surface area contributed by atoms with Gasteiger partial charge in [0.2, 0.25) is 0 Å². The van der Waals surface area contributed by atoms with Crippen molar-refractivity contribution in [1.82, 2.24) is 15.1 Å². The standard InChI is InChI=1S/C13H15N5/c1-18-7-6-15-13(18)10-5-3-2-4-9(10)11-8-12(14)17-16-11/h2-5,8H,6-7H2,1H3,(H3,14,16,17). The lowest BCUT2D eigenvalue weighted by Crippen LogP contribution is -2.23. The van der Waals surface area contributed by atoms with E-state index in [0.717, 1.165) is 35.7 Å². The number of hydrogen-bond donors (Lipinski definition) is 2. The molecular formula is C13H15N5. The van der Waals surface area contributed by atoms with Crippen molar-refractivity contribution >= 4 is 11.7 Å². The minimum atomic E-state index is 0.501. The maximum absolute atomic E-state index is 5.66. The number of amidine groups is 1. The number of aliphatic imine (C=N–C) groups is 1. The quantitative estimate of drug-likeness (QED) is 0.833. The molecule has 2 aromatic rings. The van der Waals surface area contributed by atoms with Crippen LogP contribution in [-0.4, -0.2) is 41.1 Å². The lowest BCUT2D eigenvalue weighted by Gasteiger charge is -2.16. The normalized spacial score (nSPS) is 14.9. The molecule has 0 aliphatic carbocycles. The molecule has 0 fully saturated rings. The lowest BCUT2D eigenvalue weighted by molar-refractivity contribution is 0.557. The number of rotatable bonds is 2. The molecule has 5 nitrogen and oxygen atoms in total. The van der Waals surface area contributed by atoms with E-state index in [1.54, 1.807) is 0 Å². The fourth-order valence-electron chi connectivity index (χ4n) is 2.21. The van der Waals surface area contributed by atoms with Crippen LogP contribution < -0.4 is 5.73 Å². The largest absolute Gasteiger partial charge is 0.382 e. The van der Waals surface area contributed by atoms with Crippen molar-refractivity contribution < 1.29 is 0 Å². The zero-order valence-corrected chi connectivity index (χ0v) is 10.2. The summed E-state index contributed by atoms with van der Waals surface area (Å²) in [5.74, 6) is 1.53. The highest BCUT2D eigenvalue weighted by Crippen LogP contribution is 2.25. The van der Waals surface area contributed by atoms with Crippen LogP contribution >= 0.6 is 0 Å². The van der Waals surface area contributed by atoms with Crippen molar-refractivity contribution in [3.8, 4) is 11.3 Å². The third-order valence-corrected chi connectivity index (χ3v) is 3.11. The molecule has 0 atom stereocenters. The van der Waals surface area contributed by atoms with Crippen molar-refractivity contribution in [2.75, 3.05) is 25.9 Å². The zero-order chi connectivity index (χ0) is 12.5. The number of hydrogen-bond acceptors (Lipinski definition) is 4. The number of nitrogen functional groups attached to an aromatic ring is 1. The Morgan fingerprint density at radius 1 is 1.28 bits per heavy atom. The Bertz CT molecular complexity index is 599. The van der Waals surface area contributed by atoms with Gasteiger partial charge in [0.1, 0.15) is 11.7 Å². The molecule has 0 unspecified atom stereocenters. The summed E-state index contributed by atoms with van der Waals surface area (Å²) >= 11 is 0. The van der Waals surface area contributed by atoms with E-state index in [1.807, 2.05) is 18.2 Å². The van der Waals surface area contributed by atoms with Gasteiger partial charge < -0.3 is 10.6 Å². The maximum atomic E-state index is 5.66. The van der Waals surface area contributed by atoms with Gasteiger partial charge >= 0.3 is 0 Å². The highest BCUT2D eigenvalue weighted by molar-refractivity contribution is 6.04. The molecule has 0 amide bonds. The van der Waals surface area contributed by atoms with Gasteiger partial charge in [-0.05, 0) is 0 Å². The van der Waals surface area contributed by atoms with Crippen LogP contribution in [0.1, 0.15) is 5.56 Å². The summed E-state index contributed by atoms with van der Waals surface area (Å²) in [6.07, 6.45) is 0. The molecule has 0 saturated heterocycles.